The molecule has 0 saturated carbocycles. The van der Waals surface area contributed by atoms with Crippen molar-refractivity contribution in [3.8, 4) is 11.6 Å². The van der Waals surface area contributed by atoms with E-state index in [4.69, 9.17) is 15.9 Å². The van der Waals surface area contributed by atoms with Crippen LogP contribution < -0.4 is 10.5 Å². The number of nitrogen functional groups attached to an aromatic ring is 1. The Morgan fingerprint density at radius 3 is 2.75 bits per heavy atom. The molecule has 0 bridgehead atoms. The number of aromatic nitrogens is 1. The van der Waals surface area contributed by atoms with E-state index >= 15 is 0 Å². The summed E-state index contributed by atoms with van der Waals surface area (Å²) in [6.45, 7) is 0. The van der Waals surface area contributed by atoms with Crippen LogP contribution >= 0.6 is 12.4 Å². The molecular weight excluding hydrogens is 284 g/mol. The summed E-state index contributed by atoms with van der Waals surface area (Å²) < 4.78 is 5.43. The van der Waals surface area contributed by atoms with Gasteiger partial charge in [-0.15, -0.1) is 12.4 Å². The van der Waals surface area contributed by atoms with Crippen molar-refractivity contribution in [3.05, 3.63) is 58.3 Å². The Bertz CT molecular complexity index is 648. The Morgan fingerprint density at radius 2 is 2.10 bits per heavy atom. The molecule has 0 saturated heterocycles. The van der Waals surface area contributed by atoms with Crippen LogP contribution in [0.5, 0.6) is 11.6 Å². The third-order valence-electron chi connectivity index (χ3n) is 2.30. The number of amidine groups is 1. The van der Waals surface area contributed by atoms with Gasteiger partial charge in [0.2, 0.25) is 5.88 Å². The maximum Gasteiger partial charge on any atom is 0.273 e. The van der Waals surface area contributed by atoms with Gasteiger partial charge in [-0.25, -0.2) is 4.98 Å². The van der Waals surface area contributed by atoms with E-state index in [1.807, 2.05) is 0 Å². The van der Waals surface area contributed by atoms with E-state index < -0.39 is 4.92 Å². The highest BCUT2D eigenvalue weighted by atomic mass is 35.5. The van der Waals surface area contributed by atoms with E-state index in [0.717, 1.165) is 0 Å². The minimum atomic E-state index is -0.517. The molecule has 0 radical (unpaired) electrons. The molecule has 1 aromatic carbocycles. The molecule has 0 atom stereocenters. The number of ether oxygens (including phenoxy) is 1. The van der Waals surface area contributed by atoms with Gasteiger partial charge in [-0.1, -0.05) is 6.07 Å². The van der Waals surface area contributed by atoms with Crippen molar-refractivity contribution in [1.82, 2.24) is 4.98 Å². The molecule has 0 amide bonds. The fraction of sp³-hybridized carbons (Fsp3) is 0. The second-order valence-corrected chi connectivity index (χ2v) is 3.63. The Morgan fingerprint density at radius 1 is 1.35 bits per heavy atom. The Balaban J connectivity index is 0.00000200. The number of nitrogens with two attached hydrogens (primary N) is 1. The van der Waals surface area contributed by atoms with Crippen molar-refractivity contribution in [2.45, 2.75) is 0 Å². The van der Waals surface area contributed by atoms with Gasteiger partial charge in [0.25, 0.3) is 5.69 Å². The molecule has 0 aliphatic heterocycles. The first-order valence-electron chi connectivity index (χ1n) is 5.29. The van der Waals surface area contributed by atoms with Crippen LogP contribution in [0, 0.1) is 15.5 Å². The van der Waals surface area contributed by atoms with Crippen LogP contribution in [0.3, 0.4) is 0 Å². The second-order valence-electron chi connectivity index (χ2n) is 3.63. The number of hydrogen-bond acceptors (Lipinski definition) is 5. The van der Waals surface area contributed by atoms with E-state index in [1.54, 1.807) is 18.2 Å². The maximum atomic E-state index is 10.7. The van der Waals surface area contributed by atoms with Crippen molar-refractivity contribution in [2.75, 3.05) is 0 Å². The highest BCUT2D eigenvalue weighted by molar-refractivity contribution is 5.97. The predicted molar refractivity (Wildman–Crippen MR) is 75.7 cm³/mol. The average Bonchev–Trinajstić information content (AvgIpc) is 2.39. The third kappa shape index (κ3) is 3.42. The normalized spacial score (nSPS) is 9.40. The van der Waals surface area contributed by atoms with Gasteiger partial charge in [0, 0.05) is 12.3 Å². The Labute approximate surface area is 120 Å². The van der Waals surface area contributed by atoms with Gasteiger partial charge in [-0.3, -0.25) is 15.5 Å². The average molecular weight is 295 g/mol. The minimum absolute atomic E-state index is 0. The molecule has 20 heavy (non-hydrogen) atoms. The van der Waals surface area contributed by atoms with Crippen molar-refractivity contribution >= 4 is 23.9 Å². The molecule has 0 unspecified atom stereocenters. The van der Waals surface area contributed by atoms with E-state index in [1.165, 1.54) is 24.4 Å². The van der Waals surface area contributed by atoms with Crippen molar-refractivity contribution in [2.24, 2.45) is 5.73 Å². The van der Waals surface area contributed by atoms with Gasteiger partial charge in [0.1, 0.15) is 11.6 Å². The first-order valence-corrected chi connectivity index (χ1v) is 5.29. The van der Waals surface area contributed by atoms with Crippen molar-refractivity contribution < 1.29 is 9.66 Å². The molecule has 0 aliphatic carbocycles. The van der Waals surface area contributed by atoms with Gasteiger partial charge in [-0.05, 0) is 18.2 Å². The summed E-state index contributed by atoms with van der Waals surface area (Å²) >= 11 is 0. The van der Waals surface area contributed by atoms with Crippen LogP contribution in [-0.2, 0) is 0 Å². The zero-order valence-electron chi connectivity index (χ0n) is 10.1. The molecule has 3 N–H and O–H groups in total. The highest BCUT2D eigenvalue weighted by Gasteiger charge is 2.11. The zero-order valence-corrected chi connectivity index (χ0v) is 11.0. The fourth-order valence-corrected chi connectivity index (χ4v) is 1.45. The van der Waals surface area contributed by atoms with Gasteiger partial charge < -0.3 is 10.5 Å². The number of benzene rings is 1. The highest BCUT2D eigenvalue weighted by Crippen LogP contribution is 2.25. The van der Waals surface area contributed by atoms with Crippen LogP contribution in [0.4, 0.5) is 5.69 Å². The summed E-state index contributed by atoms with van der Waals surface area (Å²) in [5.74, 6) is 0.208. The lowest BCUT2D eigenvalue weighted by Crippen LogP contribution is -2.12. The smallest absolute Gasteiger partial charge is 0.273 e. The van der Waals surface area contributed by atoms with Gasteiger partial charge in [0.15, 0.2) is 0 Å². The number of nitrogens with one attached hydrogen (secondary N) is 1. The lowest BCUT2D eigenvalue weighted by atomic mass is 10.2. The molecule has 1 aromatic heterocycles. The zero-order chi connectivity index (χ0) is 13.8. The molecular formula is C12H11ClN4O3. The molecule has 0 fully saturated rings. The summed E-state index contributed by atoms with van der Waals surface area (Å²) in [4.78, 5) is 14.1. The monoisotopic (exact) mass is 294 g/mol. The molecule has 1 heterocycles. The van der Waals surface area contributed by atoms with Crippen molar-refractivity contribution in [3.63, 3.8) is 0 Å². The first kappa shape index (κ1) is 15.4. The molecule has 2 aromatic rings. The van der Waals surface area contributed by atoms with E-state index in [-0.39, 0.29) is 35.6 Å². The number of nitro groups is 1. The Kier molecular flexibility index (Phi) is 4.99. The SMILES string of the molecule is Cl.N=C(N)c1cccnc1Oc1cccc([N+](=O)[O-])c1. The number of pyridine rings is 1. The van der Waals surface area contributed by atoms with Crippen LogP contribution in [0.2, 0.25) is 0 Å². The van der Waals surface area contributed by atoms with Crippen LogP contribution in [-0.4, -0.2) is 15.7 Å². The lowest BCUT2D eigenvalue weighted by Gasteiger charge is -2.08. The summed E-state index contributed by atoms with van der Waals surface area (Å²) in [5, 5.41) is 18.1. The molecule has 8 heteroatoms. The van der Waals surface area contributed by atoms with Gasteiger partial charge >= 0.3 is 0 Å². The topological polar surface area (TPSA) is 115 Å². The number of non-ortho nitro benzene ring substituents is 1. The van der Waals surface area contributed by atoms with E-state index in [9.17, 15) is 10.1 Å². The standard InChI is InChI=1S/C12H10N4O3.ClH/c13-11(14)10-5-2-6-15-12(10)19-9-4-1-3-8(7-9)16(17)18;/h1-7H,(H3,13,14);1H. The third-order valence-corrected chi connectivity index (χ3v) is 2.30. The first-order chi connectivity index (χ1) is 9.08. The number of nitrogens with zero attached hydrogens (tertiary/aromatic N) is 2. The summed E-state index contributed by atoms with van der Waals surface area (Å²) in [6, 6.07) is 8.91. The molecule has 2 rings (SSSR count). The number of rotatable bonds is 4. The predicted octanol–water partition coefficient (Wildman–Crippen LogP) is 2.49. The van der Waals surface area contributed by atoms with Crippen LogP contribution in [0.25, 0.3) is 0 Å². The van der Waals surface area contributed by atoms with Gasteiger partial charge in [0.05, 0.1) is 16.6 Å². The molecule has 0 spiro atoms. The number of hydrogen-bond donors (Lipinski definition) is 2. The number of nitro benzene ring substituents is 1. The van der Waals surface area contributed by atoms with Crippen LogP contribution in [0.1, 0.15) is 5.56 Å². The fourth-order valence-electron chi connectivity index (χ4n) is 1.45. The largest absolute Gasteiger partial charge is 0.438 e. The van der Waals surface area contributed by atoms with E-state index in [0.29, 0.717) is 5.56 Å². The summed E-state index contributed by atoms with van der Waals surface area (Å²) in [5.41, 5.74) is 5.64. The van der Waals surface area contributed by atoms with E-state index in [2.05, 4.69) is 4.98 Å². The molecule has 104 valence electrons. The second kappa shape index (κ2) is 6.48. The molecule has 7 nitrogen and oxygen atoms in total. The minimum Gasteiger partial charge on any atom is -0.438 e. The quantitative estimate of drug-likeness (QED) is 0.389. The van der Waals surface area contributed by atoms with Crippen LogP contribution in [0.15, 0.2) is 42.6 Å². The summed E-state index contributed by atoms with van der Waals surface area (Å²) in [6.07, 6.45) is 1.49. The maximum absolute atomic E-state index is 10.7. The molecule has 0 aliphatic rings. The van der Waals surface area contributed by atoms with Crippen molar-refractivity contribution in [1.29, 1.82) is 5.41 Å². The summed E-state index contributed by atoms with van der Waals surface area (Å²) in [7, 11) is 0. The Hall–Kier alpha value is -2.67. The number of halogens is 1. The van der Waals surface area contributed by atoms with Gasteiger partial charge in [-0.2, -0.15) is 0 Å². The lowest BCUT2D eigenvalue weighted by molar-refractivity contribution is -0.384.